The number of amides is 1. The number of carbonyl (C=O) groups excluding carboxylic acids is 1. The number of aryl methyl sites for hydroxylation is 1. The molecule has 1 fully saturated rings. The first-order chi connectivity index (χ1) is 11.9. The molecule has 8 heteroatoms. The molecule has 1 atom stereocenters. The van der Waals surface area contributed by atoms with Gasteiger partial charge in [0.05, 0.1) is 18.8 Å². The summed E-state index contributed by atoms with van der Waals surface area (Å²) in [6.45, 7) is -0.275. The second-order valence-corrected chi connectivity index (χ2v) is 6.25. The fourth-order valence-electron chi connectivity index (χ4n) is 3.03. The average molecular weight is 350 g/mol. The van der Waals surface area contributed by atoms with Crippen LogP contribution in [-0.2, 0) is 7.05 Å². The van der Waals surface area contributed by atoms with E-state index in [4.69, 9.17) is 0 Å². The molecule has 1 amide bonds. The maximum absolute atomic E-state index is 14.0. The summed E-state index contributed by atoms with van der Waals surface area (Å²) in [4.78, 5) is 13.8. The molecular weight excluding hydrogens is 330 g/mol. The zero-order valence-corrected chi connectivity index (χ0v) is 13.8. The van der Waals surface area contributed by atoms with Crippen LogP contribution in [0.2, 0.25) is 0 Å². The normalized spacial score (nSPS) is 20.2. The first kappa shape index (κ1) is 17.3. The number of hydrogen-bond donors (Lipinski definition) is 2. The Kier molecular flexibility index (Phi) is 4.71. The third-order valence-corrected chi connectivity index (χ3v) is 4.18. The minimum atomic E-state index is -3.01. The van der Waals surface area contributed by atoms with E-state index in [0.717, 1.165) is 0 Å². The molecule has 1 unspecified atom stereocenters. The number of nitrogens with one attached hydrogen (secondary N) is 1. The summed E-state index contributed by atoms with van der Waals surface area (Å²) in [6.07, 6.45) is 0.0609. The van der Waals surface area contributed by atoms with E-state index >= 15 is 0 Å². The van der Waals surface area contributed by atoms with Gasteiger partial charge in [-0.1, -0.05) is 18.2 Å². The monoisotopic (exact) mass is 350 g/mol. The van der Waals surface area contributed by atoms with Crippen molar-refractivity contribution >= 4 is 17.4 Å². The van der Waals surface area contributed by atoms with Crippen molar-refractivity contribution in [3.63, 3.8) is 0 Å². The SMILES string of the molecule is Cn1ncc(NC(=O)c2ccccc2)c1N1CCC(O)CC(F)(F)C1. The molecule has 1 aliphatic rings. The van der Waals surface area contributed by atoms with Gasteiger partial charge in [-0.3, -0.25) is 9.48 Å². The van der Waals surface area contributed by atoms with Crippen molar-refractivity contribution in [3.8, 4) is 0 Å². The Morgan fingerprint density at radius 2 is 2.08 bits per heavy atom. The summed E-state index contributed by atoms with van der Waals surface area (Å²) in [7, 11) is 1.63. The number of aliphatic hydroxyl groups is 1. The van der Waals surface area contributed by atoms with Crippen molar-refractivity contribution < 1.29 is 18.7 Å². The van der Waals surface area contributed by atoms with Gasteiger partial charge in [0, 0.05) is 25.6 Å². The molecule has 25 heavy (non-hydrogen) atoms. The standard InChI is InChI=1S/C17H20F2N4O2/c1-22-16(23-8-7-13(24)9-17(18,19)11-23)14(10-20-22)21-15(25)12-5-3-2-4-6-12/h2-6,10,13,24H,7-9,11H2,1H3,(H,21,25). The number of aromatic nitrogens is 2. The van der Waals surface area contributed by atoms with Crippen molar-refractivity contribution in [2.45, 2.75) is 24.9 Å². The first-order valence-electron chi connectivity index (χ1n) is 8.05. The number of hydrogen-bond acceptors (Lipinski definition) is 4. The van der Waals surface area contributed by atoms with E-state index in [2.05, 4.69) is 10.4 Å². The number of carbonyl (C=O) groups is 1. The lowest BCUT2D eigenvalue weighted by molar-refractivity contribution is -0.0294. The lowest BCUT2D eigenvalue weighted by atomic mass is 10.1. The number of halogens is 2. The highest BCUT2D eigenvalue weighted by Crippen LogP contribution is 2.33. The quantitative estimate of drug-likeness (QED) is 0.891. The number of alkyl halides is 2. The Hall–Kier alpha value is -2.48. The fraction of sp³-hybridized carbons (Fsp3) is 0.412. The van der Waals surface area contributed by atoms with E-state index in [9.17, 15) is 18.7 Å². The lowest BCUT2D eigenvalue weighted by Gasteiger charge is -2.26. The minimum absolute atomic E-state index is 0.229. The van der Waals surface area contributed by atoms with E-state index in [0.29, 0.717) is 17.1 Å². The summed E-state index contributed by atoms with van der Waals surface area (Å²) in [5.41, 5.74) is 0.831. The van der Waals surface area contributed by atoms with Crippen LogP contribution in [0, 0.1) is 0 Å². The average Bonchev–Trinajstić information content (AvgIpc) is 2.85. The zero-order valence-electron chi connectivity index (χ0n) is 13.8. The predicted molar refractivity (Wildman–Crippen MR) is 90.0 cm³/mol. The number of aliphatic hydroxyl groups excluding tert-OH is 1. The van der Waals surface area contributed by atoms with Gasteiger partial charge in [0.1, 0.15) is 5.69 Å². The molecular formula is C17H20F2N4O2. The van der Waals surface area contributed by atoms with Gasteiger partial charge in [-0.2, -0.15) is 5.10 Å². The van der Waals surface area contributed by atoms with E-state index in [-0.39, 0.29) is 18.9 Å². The zero-order chi connectivity index (χ0) is 18.0. The first-order valence-corrected chi connectivity index (χ1v) is 8.05. The van der Waals surface area contributed by atoms with Gasteiger partial charge in [0.15, 0.2) is 5.82 Å². The molecule has 0 bridgehead atoms. The molecule has 2 N–H and O–H groups in total. The van der Waals surface area contributed by atoms with E-state index in [1.165, 1.54) is 15.8 Å². The van der Waals surface area contributed by atoms with Crippen molar-refractivity contribution in [2.24, 2.45) is 7.05 Å². The molecule has 134 valence electrons. The van der Waals surface area contributed by atoms with Crippen molar-refractivity contribution in [1.82, 2.24) is 9.78 Å². The molecule has 0 aliphatic carbocycles. The molecule has 2 aromatic rings. The van der Waals surface area contributed by atoms with Gasteiger partial charge in [-0.05, 0) is 18.6 Å². The Bertz CT molecular complexity index is 748. The smallest absolute Gasteiger partial charge is 0.267 e. The molecule has 2 heterocycles. The van der Waals surface area contributed by atoms with Gasteiger partial charge in [0.25, 0.3) is 11.8 Å². The third-order valence-electron chi connectivity index (χ3n) is 4.18. The molecule has 1 aromatic heterocycles. The largest absolute Gasteiger partial charge is 0.393 e. The fourth-order valence-corrected chi connectivity index (χ4v) is 3.03. The lowest BCUT2D eigenvalue weighted by Crippen LogP contribution is -2.37. The molecule has 1 aliphatic heterocycles. The van der Waals surface area contributed by atoms with Crippen LogP contribution in [0.15, 0.2) is 36.5 Å². The van der Waals surface area contributed by atoms with Crippen LogP contribution in [0.25, 0.3) is 0 Å². The number of nitrogens with zero attached hydrogens (tertiary/aromatic N) is 3. The van der Waals surface area contributed by atoms with Crippen LogP contribution in [0.1, 0.15) is 23.2 Å². The van der Waals surface area contributed by atoms with E-state index < -0.39 is 25.0 Å². The molecule has 0 radical (unpaired) electrons. The van der Waals surface area contributed by atoms with Gasteiger partial charge >= 0.3 is 0 Å². The topological polar surface area (TPSA) is 70.4 Å². The number of anilines is 2. The Labute approximate surface area is 144 Å². The van der Waals surface area contributed by atoms with Crippen molar-refractivity contribution in [1.29, 1.82) is 0 Å². The highest BCUT2D eigenvalue weighted by molar-refractivity contribution is 6.05. The number of benzene rings is 1. The maximum atomic E-state index is 14.0. The third kappa shape index (κ3) is 3.96. The molecule has 0 saturated carbocycles. The molecule has 1 aromatic carbocycles. The maximum Gasteiger partial charge on any atom is 0.267 e. The summed E-state index contributed by atoms with van der Waals surface area (Å²) in [5.74, 6) is -2.95. The highest BCUT2D eigenvalue weighted by Gasteiger charge is 2.38. The Morgan fingerprint density at radius 3 is 2.80 bits per heavy atom. The van der Waals surface area contributed by atoms with Crippen LogP contribution >= 0.6 is 0 Å². The van der Waals surface area contributed by atoms with Crippen LogP contribution in [0.5, 0.6) is 0 Å². The second-order valence-electron chi connectivity index (χ2n) is 6.25. The van der Waals surface area contributed by atoms with Crippen LogP contribution < -0.4 is 10.2 Å². The summed E-state index contributed by atoms with van der Waals surface area (Å²) in [6, 6.07) is 8.63. The Morgan fingerprint density at radius 1 is 1.36 bits per heavy atom. The van der Waals surface area contributed by atoms with Gasteiger partial charge in [0.2, 0.25) is 0 Å². The molecule has 6 nitrogen and oxygen atoms in total. The summed E-state index contributed by atoms with van der Waals surface area (Å²) < 4.78 is 29.5. The summed E-state index contributed by atoms with van der Waals surface area (Å²) in [5, 5.41) is 16.5. The second kappa shape index (κ2) is 6.79. The Balaban J connectivity index is 1.85. The van der Waals surface area contributed by atoms with Crippen LogP contribution in [0.3, 0.4) is 0 Å². The minimum Gasteiger partial charge on any atom is -0.393 e. The van der Waals surface area contributed by atoms with Gasteiger partial charge in [-0.15, -0.1) is 0 Å². The van der Waals surface area contributed by atoms with Gasteiger partial charge < -0.3 is 15.3 Å². The molecule has 1 saturated heterocycles. The van der Waals surface area contributed by atoms with Crippen LogP contribution in [-0.4, -0.2) is 45.9 Å². The highest BCUT2D eigenvalue weighted by atomic mass is 19.3. The van der Waals surface area contributed by atoms with E-state index in [1.54, 1.807) is 37.4 Å². The van der Waals surface area contributed by atoms with Gasteiger partial charge in [-0.25, -0.2) is 8.78 Å². The summed E-state index contributed by atoms with van der Waals surface area (Å²) >= 11 is 0. The number of rotatable bonds is 3. The van der Waals surface area contributed by atoms with E-state index in [1.807, 2.05) is 0 Å². The predicted octanol–water partition coefficient (Wildman–Crippen LogP) is 2.27. The van der Waals surface area contributed by atoms with Crippen LogP contribution in [0.4, 0.5) is 20.3 Å². The molecule has 0 spiro atoms. The molecule has 3 rings (SSSR count). The van der Waals surface area contributed by atoms with Crippen molar-refractivity contribution in [3.05, 3.63) is 42.1 Å². The van der Waals surface area contributed by atoms with Crippen molar-refractivity contribution in [2.75, 3.05) is 23.3 Å².